The van der Waals surface area contributed by atoms with Crippen molar-refractivity contribution < 1.29 is 24.1 Å². The number of ether oxygens (including phenoxy) is 1. The van der Waals surface area contributed by atoms with Crippen molar-refractivity contribution in [2.75, 3.05) is 0 Å². The molecule has 0 spiro atoms. The smallest absolute Gasteiger partial charge is 0.330 e. The third kappa shape index (κ3) is 4.36. The zero-order chi connectivity index (χ0) is 14.9. The van der Waals surface area contributed by atoms with E-state index in [0.717, 1.165) is 11.1 Å². The summed E-state index contributed by atoms with van der Waals surface area (Å²) in [5, 5.41) is 0. The Bertz CT molecular complexity index is 618. The molecule has 0 unspecified atom stereocenters. The molecule has 7 nitrogen and oxygen atoms in total. The van der Waals surface area contributed by atoms with Crippen LogP contribution in [-0.4, -0.2) is 22.9 Å². The highest BCUT2D eigenvalue weighted by molar-refractivity contribution is 5.55. The lowest BCUT2D eigenvalue weighted by molar-refractivity contribution is -0.266. The highest BCUT2D eigenvalue weighted by Gasteiger charge is 2.05. The number of nitrogens with zero attached hydrogens (tertiary/aromatic N) is 2. The van der Waals surface area contributed by atoms with Gasteiger partial charge in [-0.3, -0.25) is 19.6 Å². The average molecular weight is 288 g/mol. The first-order valence-corrected chi connectivity index (χ1v) is 6.01. The molecule has 108 valence electrons. The predicted molar refractivity (Wildman–Crippen MR) is 70.3 cm³/mol. The van der Waals surface area contributed by atoms with Crippen LogP contribution < -0.4 is 0 Å². The molecule has 0 bridgehead atoms. The predicted octanol–water partition coefficient (Wildman–Crippen LogP) is 1.42. The van der Waals surface area contributed by atoms with Gasteiger partial charge in [0.15, 0.2) is 0 Å². The van der Waals surface area contributed by atoms with E-state index in [1.807, 2.05) is 0 Å². The van der Waals surface area contributed by atoms with Crippen molar-refractivity contribution in [3.63, 3.8) is 0 Å². The van der Waals surface area contributed by atoms with Crippen molar-refractivity contribution in [3.8, 4) is 11.4 Å². The Morgan fingerprint density at radius 1 is 0.905 bits per heavy atom. The molecule has 0 saturated heterocycles. The van der Waals surface area contributed by atoms with Crippen LogP contribution >= 0.6 is 0 Å². The van der Waals surface area contributed by atoms with Gasteiger partial charge < -0.3 is 9.62 Å². The number of carbonyl (C=O) groups excluding carboxylic acids is 2. The minimum atomic E-state index is 0.113. The fraction of sp³-hybridized carbons (Fsp3) is 0.143. The van der Waals surface area contributed by atoms with E-state index in [4.69, 9.17) is 4.74 Å². The summed E-state index contributed by atoms with van der Waals surface area (Å²) >= 11 is 0. The third-order valence-electron chi connectivity index (χ3n) is 2.56. The van der Waals surface area contributed by atoms with Crippen LogP contribution in [0.2, 0.25) is 0 Å². The van der Waals surface area contributed by atoms with Gasteiger partial charge in [-0.2, -0.15) is 4.89 Å². The van der Waals surface area contributed by atoms with Gasteiger partial charge in [0.1, 0.15) is 13.2 Å². The van der Waals surface area contributed by atoms with E-state index in [2.05, 4.69) is 19.7 Å². The summed E-state index contributed by atoms with van der Waals surface area (Å²) in [5.74, 6) is 0. The van der Waals surface area contributed by atoms with E-state index in [1.165, 1.54) is 0 Å². The number of hydrogen-bond donors (Lipinski definition) is 0. The van der Waals surface area contributed by atoms with E-state index in [9.17, 15) is 9.59 Å². The van der Waals surface area contributed by atoms with Gasteiger partial charge in [-0.1, -0.05) is 0 Å². The quantitative estimate of drug-likeness (QED) is 0.314. The zero-order valence-corrected chi connectivity index (χ0v) is 11.0. The molecule has 21 heavy (non-hydrogen) atoms. The lowest BCUT2D eigenvalue weighted by Gasteiger charge is -2.05. The van der Waals surface area contributed by atoms with Gasteiger partial charge in [0.2, 0.25) is 0 Å². The van der Waals surface area contributed by atoms with Gasteiger partial charge in [-0.05, 0) is 35.4 Å². The number of carbonyl (C=O) groups is 2. The van der Waals surface area contributed by atoms with Crippen molar-refractivity contribution in [2.24, 2.45) is 0 Å². The maximum Gasteiger partial charge on any atom is 0.330 e. The van der Waals surface area contributed by atoms with Crippen molar-refractivity contribution in [1.29, 1.82) is 0 Å². The first-order chi connectivity index (χ1) is 10.3. The Kier molecular flexibility index (Phi) is 5.36. The summed E-state index contributed by atoms with van der Waals surface area (Å²) in [4.78, 5) is 37.5. The van der Waals surface area contributed by atoms with Gasteiger partial charge in [-0.15, -0.1) is 0 Å². The van der Waals surface area contributed by atoms with Crippen LogP contribution in [0.1, 0.15) is 11.1 Å². The van der Waals surface area contributed by atoms with E-state index in [0.29, 0.717) is 17.9 Å². The monoisotopic (exact) mass is 288 g/mol. The summed E-state index contributed by atoms with van der Waals surface area (Å²) < 4.78 is 4.70. The number of aromatic nitrogens is 2. The third-order valence-corrected chi connectivity index (χ3v) is 2.56. The van der Waals surface area contributed by atoms with Crippen LogP contribution in [-0.2, 0) is 37.3 Å². The van der Waals surface area contributed by atoms with Gasteiger partial charge in [0.05, 0.1) is 11.4 Å². The standard InChI is InChI=1S/C14H12N2O5/c17-9-19-7-11-1-3-15-13(5-11)14-6-12(2-4-16-14)8-20-21-10-18/h1-6,9-10H,7-8H2. The van der Waals surface area contributed by atoms with Crippen LogP contribution in [0.4, 0.5) is 0 Å². The molecule has 2 aromatic heterocycles. The van der Waals surface area contributed by atoms with E-state index in [-0.39, 0.29) is 19.7 Å². The van der Waals surface area contributed by atoms with Crippen molar-refractivity contribution >= 4 is 12.9 Å². The summed E-state index contributed by atoms with van der Waals surface area (Å²) in [6.07, 6.45) is 3.21. The molecule has 0 amide bonds. The van der Waals surface area contributed by atoms with Crippen molar-refractivity contribution in [1.82, 2.24) is 9.97 Å². The Morgan fingerprint density at radius 2 is 1.52 bits per heavy atom. The molecule has 2 aromatic rings. The Balaban J connectivity index is 2.15. The number of rotatable bonds is 8. The Hall–Kier alpha value is -2.80. The zero-order valence-electron chi connectivity index (χ0n) is 11.0. The minimum Gasteiger partial charge on any atom is -0.463 e. The molecule has 0 aliphatic rings. The molecule has 2 heterocycles. The first-order valence-electron chi connectivity index (χ1n) is 6.01. The lowest BCUT2D eigenvalue weighted by Crippen LogP contribution is -1.96. The van der Waals surface area contributed by atoms with Crippen LogP contribution in [0, 0.1) is 0 Å². The van der Waals surface area contributed by atoms with E-state index in [1.54, 1.807) is 36.7 Å². The normalized spacial score (nSPS) is 9.90. The lowest BCUT2D eigenvalue weighted by atomic mass is 10.1. The Morgan fingerprint density at radius 3 is 2.10 bits per heavy atom. The van der Waals surface area contributed by atoms with Crippen molar-refractivity contribution in [3.05, 3.63) is 47.8 Å². The van der Waals surface area contributed by atoms with Gasteiger partial charge in [-0.25, -0.2) is 0 Å². The first kappa shape index (κ1) is 14.6. The van der Waals surface area contributed by atoms with Gasteiger partial charge in [0.25, 0.3) is 6.47 Å². The van der Waals surface area contributed by atoms with Gasteiger partial charge in [0, 0.05) is 12.4 Å². The van der Waals surface area contributed by atoms with Crippen LogP contribution in [0.25, 0.3) is 11.4 Å². The van der Waals surface area contributed by atoms with Crippen LogP contribution in [0.5, 0.6) is 0 Å². The SMILES string of the molecule is O=COCc1ccnc(-c2cc(COOC=O)ccn2)c1. The molecule has 0 fully saturated rings. The van der Waals surface area contributed by atoms with E-state index < -0.39 is 0 Å². The largest absolute Gasteiger partial charge is 0.463 e. The summed E-state index contributed by atoms with van der Waals surface area (Å²) in [6, 6.07) is 7.02. The number of hydrogen-bond acceptors (Lipinski definition) is 7. The average Bonchev–Trinajstić information content (AvgIpc) is 2.54. The maximum atomic E-state index is 10.2. The molecular formula is C14H12N2O5. The highest BCUT2D eigenvalue weighted by Crippen LogP contribution is 2.17. The number of pyridine rings is 2. The second-order valence-electron chi connectivity index (χ2n) is 3.96. The van der Waals surface area contributed by atoms with Crippen molar-refractivity contribution in [2.45, 2.75) is 13.2 Å². The van der Waals surface area contributed by atoms with Crippen LogP contribution in [0.3, 0.4) is 0 Å². The molecule has 0 aliphatic carbocycles. The fourth-order valence-corrected chi connectivity index (χ4v) is 1.67. The fourth-order valence-electron chi connectivity index (χ4n) is 1.67. The second-order valence-corrected chi connectivity index (χ2v) is 3.96. The topological polar surface area (TPSA) is 87.6 Å². The molecular weight excluding hydrogens is 276 g/mol. The molecule has 0 N–H and O–H groups in total. The van der Waals surface area contributed by atoms with Gasteiger partial charge >= 0.3 is 6.47 Å². The maximum absolute atomic E-state index is 10.2. The summed E-state index contributed by atoms with van der Waals surface area (Å²) in [7, 11) is 0. The van der Waals surface area contributed by atoms with E-state index >= 15 is 0 Å². The second kappa shape index (κ2) is 7.71. The molecule has 0 saturated carbocycles. The minimum absolute atomic E-state index is 0.113. The molecule has 7 heteroatoms. The molecule has 0 atom stereocenters. The molecule has 2 rings (SSSR count). The van der Waals surface area contributed by atoms with Crippen LogP contribution in [0.15, 0.2) is 36.7 Å². The summed E-state index contributed by atoms with van der Waals surface area (Å²) in [5.41, 5.74) is 2.85. The highest BCUT2D eigenvalue weighted by atomic mass is 17.2. The Labute approximate surface area is 120 Å². The molecule has 0 aliphatic heterocycles. The molecule has 0 radical (unpaired) electrons. The molecule has 0 aromatic carbocycles. The summed E-state index contributed by atoms with van der Waals surface area (Å²) in [6.45, 7) is 0.890.